The Morgan fingerprint density at radius 3 is 2.79 bits per heavy atom. The lowest BCUT2D eigenvalue weighted by Gasteiger charge is -2.25. The van der Waals surface area contributed by atoms with Crippen LogP contribution in [0.5, 0.6) is 0 Å². The molecule has 5 atom stereocenters. The molecule has 4 heterocycles. The van der Waals surface area contributed by atoms with Crippen molar-refractivity contribution in [3.63, 3.8) is 0 Å². The highest BCUT2D eigenvalue weighted by Gasteiger charge is 2.86. The van der Waals surface area contributed by atoms with Crippen LogP contribution in [0.2, 0.25) is 0 Å². The van der Waals surface area contributed by atoms with Crippen LogP contribution in [-0.4, -0.2) is 47.0 Å². The summed E-state index contributed by atoms with van der Waals surface area (Å²) in [6.07, 6.45) is -0.939. The summed E-state index contributed by atoms with van der Waals surface area (Å²) in [6, 6.07) is 9.40. The molecule has 174 valence electrons. The fourth-order valence-electron chi connectivity index (χ4n) is 6.81. The molecule has 7 nitrogen and oxygen atoms in total. The van der Waals surface area contributed by atoms with Gasteiger partial charge in [-0.1, -0.05) is 0 Å². The van der Waals surface area contributed by atoms with Crippen LogP contribution in [-0.2, 0) is 5.41 Å². The number of anilines is 1. The second kappa shape index (κ2) is 6.48. The first kappa shape index (κ1) is 20.2. The Kier molecular flexibility index (Phi) is 3.85. The van der Waals surface area contributed by atoms with Crippen LogP contribution >= 0.6 is 0 Å². The maximum Gasteiger partial charge on any atom is 0.397 e. The van der Waals surface area contributed by atoms with Gasteiger partial charge in [-0.3, -0.25) is 4.98 Å². The van der Waals surface area contributed by atoms with Crippen LogP contribution < -0.4 is 10.2 Å². The van der Waals surface area contributed by atoms with Gasteiger partial charge in [0.1, 0.15) is 11.5 Å². The number of hydrogen-bond donors (Lipinski definition) is 1. The molecular weight excluding hydrogens is 445 g/mol. The predicted octanol–water partition coefficient (Wildman–Crippen LogP) is 3.67. The molecule has 34 heavy (non-hydrogen) atoms. The van der Waals surface area contributed by atoms with Crippen molar-refractivity contribution in [3.8, 4) is 6.07 Å². The zero-order chi connectivity index (χ0) is 23.3. The molecule has 2 aromatic heterocycles. The molecule has 0 radical (unpaired) electrons. The Labute approximate surface area is 193 Å². The summed E-state index contributed by atoms with van der Waals surface area (Å²) >= 11 is 0. The number of pyridine rings is 1. The molecule has 2 saturated heterocycles. The van der Waals surface area contributed by atoms with Gasteiger partial charge in [0.15, 0.2) is 0 Å². The molecule has 4 aliphatic rings. The van der Waals surface area contributed by atoms with E-state index in [0.29, 0.717) is 40.0 Å². The van der Waals surface area contributed by atoms with Crippen LogP contribution in [0.1, 0.15) is 42.5 Å². The number of aromatic nitrogens is 3. The summed E-state index contributed by atoms with van der Waals surface area (Å²) in [5.41, 5.74) is -1.66. The number of alkyl halides is 3. The van der Waals surface area contributed by atoms with Crippen molar-refractivity contribution in [3.05, 3.63) is 47.8 Å². The maximum absolute atomic E-state index is 14.5. The van der Waals surface area contributed by atoms with Gasteiger partial charge in [0.05, 0.1) is 16.5 Å². The van der Waals surface area contributed by atoms with Gasteiger partial charge in [0, 0.05) is 42.3 Å². The normalized spacial score (nSPS) is 33.9. The smallest absolute Gasteiger partial charge is 0.397 e. The summed E-state index contributed by atoms with van der Waals surface area (Å²) in [5.74, 6) is 1.11. The van der Waals surface area contributed by atoms with Gasteiger partial charge in [-0.15, -0.1) is 10.2 Å². The molecule has 3 unspecified atom stereocenters. The van der Waals surface area contributed by atoms with E-state index in [-0.39, 0.29) is 31.3 Å². The Morgan fingerprint density at radius 2 is 2.06 bits per heavy atom. The summed E-state index contributed by atoms with van der Waals surface area (Å²) in [6.45, 7) is 0.822. The number of rotatable bonds is 3. The summed E-state index contributed by atoms with van der Waals surface area (Å²) in [4.78, 5) is 6.05. The lowest BCUT2D eigenvalue weighted by atomic mass is 9.95. The minimum absolute atomic E-state index is 0.0492. The van der Waals surface area contributed by atoms with Crippen molar-refractivity contribution in [2.24, 2.45) is 11.3 Å². The van der Waals surface area contributed by atoms with E-state index in [1.807, 2.05) is 0 Å². The second-order valence-corrected chi connectivity index (χ2v) is 10.2. The van der Waals surface area contributed by atoms with Crippen LogP contribution in [0.4, 0.5) is 18.9 Å². The Bertz CT molecular complexity index is 1360. The van der Waals surface area contributed by atoms with E-state index in [1.165, 1.54) is 0 Å². The highest BCUT2D eigenvalue weighted by atomic mass is 19.4. The number of benzene rings is 1. The van der Waals surface area contributed by atoms with Gasteiger partial charge in [0.25, 0.3) is 0 Å². The van der Waals surface area contributed by atoms with Gasteiger partial charge >= 0.3 is 6.18 Å². The molecule has 4 fully saturated rings. The van der Waals surface area contributed by atoms with E-state index < -0.39 is 17.0 Å². The summed E-state index contributed by atoms with van der Waals surface area (Å²) < 4.78 is 49.5. The number of hydrogen-bond acceptors (Lipinski definition) is 7. The molecule has 1 N–H and O–H groups in total. The van der Waals surface area contributed by atoms with Gasteiger partial charge in [-0.25, -0.2) is 0 Å². The minimum Gasteiger partial charge on any atom is -0.424 e. The predicted molar refractivity (Wildman–Crippen MR) is 115 cm³/mol. The third-order valence-electron chi connectivity index (χ3n) is 8.60. The van der Waals surface area contributed by atoms with Crippen molar-refractivity contribution >= 4 is 16.6 Å². The van der Waals surface area contributed by atoms with Crippen molar-refractivity contribution < 1.29 is 17.6 Å². The van der Waals surface area contributed by atoms with E-state index >= 15 is 0 Å². The van der Waals surface area contributed by atoms with Crippen LogP contribution in [0, 0.1) is 22.7 Å². The number of nitrogens with zero attached hydrogens (tertiary/aromatic N) is 5. The van der Waals surface area contributed by atoms with Crippen molar-refractivity contribution in [1.82, 2.24) is 20.5 Å². The quantitative estimate of drug-likeness (QED) is 0.630. The molecule has 3 aromatic rings. The lowest BCUT2D eigenvalue weighted by Crippen LogP contribution is -2.34. The maximum atomic E-state index is 14.5. The largest absolute Gasteiger partial charge is 0.424 e. The monoisotopic (exact) mass is 466 g/mol. The topological polar surface area (TPSA) is 90.9 Å². The second-order valence-electron chi connectivity index (χ2n) is 10.2. The van der Waals surface area contributed by atoms with E-state index in [0.717, 1.165) is 19.4 Å². The number of fused-ring (bicyclic) bond motifs is 4. The minimum atomic E-state index is -4.41. The summed E-state index contributed by atoms with van der Waals surface area (Å²) in [5, 5.41) is 22.0. The van der Waals surface area contributed by atoms with Crippen molar-refractivity contribution in [2.45, 2.75) is 42.8 Å². The molecule has 2 aliphatic carbocycles. The van der Waals surface area contributed by atoms with E-state index in [2.05, 4.69) is 26.6 Å². The van der Waals surface area contributed by atoms with Crippen molar-refractivity contribution in [1.29, 1.82) is 5.26 Å². The molecule has 7 rings (SSSR count). The van der Waals surface area contributed by atoms with Crippen LogP contribution in [0.25, 0.3) is 10.9 Å². The van der Waals surface area contributed by atoms with E-state index in [4.69, 9.17) is 4.42 Å². The van der Waals surface area contributed by atoms with Gasteiger partial charge in [-0.2, -0.15) is 18.4 Å². The molecule has 2 bridgehead atoms. The van der Waals surface area contributed by atoms with Crippen LogP contribution in [0.15, 0.2) is 34.9 Å². The molecule has 0 spiro atoms. The Hall–Kier alpha value is -3.19. The Balaban J connectivity index is 1.28. The zero-order valence-corrected chi connectivity index (χ0v) is 18.1. The standard InChI is InChI=1S/C24H21F3N6O/c25-24(26,27)23-10-22(23,21-32-31-20(34-21)17-7-15-6-14(17)9-30-15)11-33(12-23)18-4-3-13(8-28)19-16(18)2-1-5-29-19/h1-5,14-15,17,30H,6-7,9-12H2/t14?,15?,17?,22-,23-/m0/s1. The zero-order valence-electron chi connectivity index (χ0n) is 18.1. The molecule has 2 aliphatic heterocycles. The number of piperidine rings is 2. The molecule has 1 aromatic carbocycles. The lowest BCUT2D eigenvalue weighted by molar-refractivity contribution is -0.187. The summed E-state index contributed by atoms with van der Waals surface area (Å²) in [7, 11) is 0. The van der Waals surface area contributed by atoms with Gasteiger partial charge in [0.2, 0.25) is 11.8 Å². The molecule has 0 amide bonds. The number of nitriles is 1. The number of halogens is 3. The van der Waals surface area contributed by atoms with E-state index in [1.54, 1.807) is 35.4 Å². The van der Waals surface area contributed by atoms with Crippen LogP contribution in [0.3, 0.4) is 0 Å². The average Bonchev–Trinajstić information content (AvgIpc) is 3.41. The molecule has 10 heteroatoms. The third-order valence-corrected chi connectivity index (χ3v) is 8.60. The van der Waals surface area contributed by atoms with Gasteiger partial charge < -0.3 is 14.6 Å². The highest BCUT2D eigenvalue weighted by Crippen LogP contribution is 2.75. The first-order chi connectivity index (χ1) is 16.4. The first-order valence-corrected chi connectivity index (χ1v) is 11.5. The fraction of sp³-hybridized carbons (Fsp3) is 0.500. The Morgan fingerprint density at radius 1 is 1.18 bits per heavy atom. The van der Waals surface area contributed by atoms with Crippen molar-refractivity contribution in [2.75, 3.05) is 24.5 Å². The third kappa shape index (κ3) is 2.48. The molecular formula is C24H21F3N6O. The van der Waals surface area contributed by atoms with Gasteiger partial charge in [-0.05, 0) is 56.0 Å². The highest BCUT2D eigenvalue weighted by molar-refractivity contribution is 5.95. The average molecular weight is 466 g/mol. The first-order valence-electron chi connectivity index (χ1n) is 11.5. The number of nitrogens with one attached hydrogen (secondary N) is 1. The SMILES string of the molecule is N#Cc1ccc(N2C[C@]3(c4nnc(C5CC6CC5CN6)o4)C[C@]3(C(F)(F)F)C2)c2cccnc12. The van der Waals surface area contributed by atoms with E-state index in [9.17, 15) is 18.4 Å². The molecule has 2 saturated carbocycles. The fourth-order valence-corrected chi connectivity index (χ4v) is 6.81.